The largest absolute Gasteiger partial charge is 0.240 e. The SMILES string of the molecule is CCNS(=O)(=O)c1ccc(N=C=O)cc1. The molecule has 0 aromatic heterocycles. The van der Waals surface area contributed by atoms with Crippen LogP contribution in [0, 0.1) is 0 Å². The van der Waals surface area contributed by atoms with E-state index < -0.39 is 10.0 Å². The normalized spacial score (nSPS) is 10.7. The maximum atomic E-state index is 11.5. The maximum absolute atomic E-state index is 11.5. The molecule has 0 aliphatic carbocycles. The number of benzene rings is 1. The van der Waals surface area contributed by atoms with Crippen molar-refractivity contribution in [1.82, 2.24) is 4.72 Å². The molecule has 1 aromatic rings. The molecule has 0 radical (unpaired) electrons. The molecule has 0 fully saturated rings. The summed E-state index contributed by atoms with van der Waals surface area (Å²) in [7, 11) is -3.43. The Balaban J connectivity index is 3.03. The summed E-state index contributed by atoms with van der Waals surface area (Å²) in [6.07, 6.45) is 1.38. The van der Waals surface area contributed by atoms with Crippen LogP contribution in [0.5, 0.6) is 0 Å². The van der Waals surface area contributed by atoms with Crippen molar-refractivity contribution in [1.29, 1.82) is 0 Å². The molecule has 0 spiro atoms. The minimum Gasteiger partial charge on any atom is -0.211 e. The molecular formula is C9H10N2O3S. The average Bonchev–Trinajstić information content (AvgIpc) is 2.19. The topological polar surface area (TPSA) is 75.6 Å². The van der Waals surface area contributed by atoms with E-state index in [9.17, 15) is 13.2 Å². The number of isocyanates is 1. The molecule has 0 aliphatic rings. The number of hydrogen-bond acceptors (Lipinski definition) is 4. The van der Waals surface area contributed by atoms with Crippen LogP contribution in [0.15, 0.2) is 34.2 Å². The van der Waals surface area contributed by atoms with E-state index in [2.05, 4.69) is 9.71 Å². The lowest BCUT2D eigenvalue weighted by molar-refractivity contribution is 0.565. The number of sulfonamides is 1. The monoisotopic (exact) mass is 226 g/mol. The molecule has 6 heteroatoms. The Kier molecular flexibility index (Phi) is 3.74. The highest BCUT2D eigenvalue weighted by Crippen LogP contribution is 2.15. The Morgan fingerprint density at radius 3 is 2.40 bits per heavy atom. The summed E-state index contributed by atoms with van der Waals surface area (Å²) in [4.78, 5) is 13.4. The predicted octanol–water partition coefficient (Wildman–Crippen LogP) is 0.952. The van der Waals surface area contributed by atoms with Crippen LogP contribution < -0.4 is 4.72 Å². The first-order chi connectivity index (χ1) is 7.10. The fraction of sp³-hybridized carbons (Fsp3) is 0.222. The van der Waals surface area contributed by atoms with Gasteiger partial charge in [0.25, 0.3) is 0 Å². The zero-order valence-corrected chi connectivity index (χ0v) is 8.91. The zero-order chi connectivity index (χ0) is 11.3. The Morgan fingerprint density at radius 2 is 1.93 bits per heavy atom. The molecule has 0 amide bonds. The van der Waals surface area contributed by atoms with Crippen molar-refractivity contribution in [2.45, 2.75) is 11.8 Å². The van der Waals surface area contributed by atoms with Gasteiger partial charge in [0.2, 0.25) is 16.1 Å². The summed E-state index contributed by atoms with van der Waals surface area (Å²) >= 11 is 0. The van der Waals surface area contributed by atoms with Gasteiger partial charge >= 0.3 is 0 Å². The summed E-state index contributed by atoms with van der Waals surface area (Å²) in [6.45, 7) is 2.03. The van der Waals surface area contributed by atoms with Crippen LogP contribution in [0.25, 0.3) is 0 Å². The summed E-state index contributed by atoms with van der Waals surface area (Å²) in [5, 5.41) is 0. The van der Waals surface area contributed by atoms with Gasteiger partial charge in [0, 0.05) is 6.54 Å². The third kappa shape index (κ3) is 2.99. The van der Waals surface area contributed by atoms with E-state index in [0.717, 1.165) is 0 Å². The molecule has 0 bridgehead atoms. The highest BCUT2D eigenvalue weighted by atomic mass is 32.2. The Labute approximate surface area is 87.9 Å². The third-order valence-electron chi connectivity index (χ3n) is 1.66. The van der Waals surface area contributed by atoms with E-state index in [0.29, 0.717) is 12.2 Å². The van der Waals surface area contributed by atoms with Crippen molar-refractivity contribution in [3.05, 3.63) is 24.3 Å². The van der Waals surface area contributed by atoms with Crippen LogP contribution in [-0.2, 0) is 14.8 Å². The summed E-state index contributed by atoms with van der Waals surface area (Å²) < 4.78 is 25.3. The summed E-state index contributed by atoms with van der Waals surface area (Å²) in [5.41, 5.74) is 0.375. The fourth-order valence-electron chi connectivity index (χ4n) is 1.03. The van der Waals surface area contributed by atoms with Crippen molar-refractivity contribution < 1.29 is 13.2 Å². The van der Waals surface area contributed by atoms with Crippen molar-refractivity contribution >= 4 is 21.8 Å². The Morgan fingerprint density at radius 1 is 1.33 bits per heavy atom. The van der Waals surface area contributed by atoms with E-state index in [-0.39, 0.29) is 4.90 Å². The zero-order valence-electron chi connectivity index (χ0n) is 8.10. The second-order valence-electron chi connectivity index (χ2n) is 2.70. The number of nitrogens with zero attached hydrogens (tertiary/aromatic N) is 1. The summed E-state index contributed by atoms with van der Waals surface area (Å²) in [5.74, 6) is 0. The third-order valence-corrected chi connectivity index (χ3v) is 3.22. The first-order valence-electron chi connectivity index (χ1n) is 4.27. The lowest BCUT2D eigenvalue weighted by Gasteiger charge is -2.03. The van der Waals surface area contributed by atoms with Crippen LogP contribution >= 0.6 is 0 Å². The van der Waals surface area contributed by atoms with Gasteiger partial charge in [0.05, 0.1) is 10.6 Å². The molecule has 0 heterocycles. The lowest BCUT2D eigenvalue weighted by Crippen LogP contribution is -2.22. The second kappa shape index (κ2) is 4.84. The number of rotatable bonds is 4. The lowest BCUT2D eigenvalue weighted by atomic mass is 10.3. The molecule has 0 atom stereocenters. The van der Waals surface area contributed by atoms with Crippen molar-refractivity contribution in [3.63, 3.8) is 0 Å². The standard InChI is InChI=1S/C9H10N2O3S/c1-2-11-15(13,14)9-5-3-8(4-6-9)10-7-12/h3-6,11H,2H2,1H3. The van der Waals surface area contributed by atoms with Crippen LogP contribution in [0.1, 0.15) is 6.92 Å². The van der Waals surface area contributed by atoms with Crippen molar-refractivity contribution in [2.24, 2.45) is 4.99 Å². The molecular weight excluding hydrogens is 216 g/mol. The quantitative estimate of drug-likeness (QED) is 0.613. The van der Waals surface area contributed by atoms with E-state index in [1.165, 1.54) is 30.3 Å². The Hall–Kier alpha value is -1.49. The van der Waals surface area contributed by atoms with E-state index in [1.54, 1.807) is 6.92 Å². The fourth-order valence-corrected chi connectivity index (χ4v) is 2.07. The molecule has 1 rings (SSSR count). The van der Waals surface area contributed by atoms with Gasteiger partial charge in [-0.05, 0) is 24.3 Å². The minimum absolute atomic E-state index is 0.147. The molecule has 0 unspecified atom stereocenters. The molecule has 5 nitrogen and oxygen atoms in total. The van der Waals surface area contributed by atoms with Gasteiger partial charge in [0.15, 0.2) is 0 Å². The predicted molar refractivity (Wildman–Crippen MR) is 55.1 cm³/mol. The molecule has 1 aromatic carbocycles. The van der Waals surface area contributed by atoms with E-state index in [4.69, 9.17) is 0 Å². The minimum atomic E-state index is -3.43. The van der Waals surface area contributed by atoms with Crippen LogP contribution in [0.2, 0.25) is 0 Å². The van der Waals surface area contributed by atoms with E-state index >= 15 is 0 Å². The number of carbonyl (C=O) groups excluding carboxylic acids is 1. The number of nitrogens with one attached hydrogen (secondary N) is 1. The van der Waals surface area contributed by atoms with Crippen molar-refractivity contribution in [2.75, 3.05) is 6.54 Å². The number of hydrogen-bond donors (Lipinski definition) is 1. The maximum Gasteiger partial charge on any atom is 0.240 e. The van der Waals surface area contributed by atoms with Gasteiger partial charge in [-0.1, -0.05) is 6.92 Å². The first-order valence-corrected chi connectivity index (χ1v) is 5.76. The van der Waals surface area contributed by atoms with Gasteiger partial charge in [-0.2, -0.15) is 4.99 Å². The van der Waals surface area contributed by atoms with Crippen molar-refractivity contribution in [3.8, 4) is 0 Å². The number of aliphatic imine (C=N–C) groups is 1. The highest BCUT2D eigenvalue weighted by Gasteiger charge is 2.11. The van der Waals surface area contributed by atoms with E-state index in [1.807, 2.05) is 0 Å². The van der Waals surface area contributed by atoms with Gasteiger partial charge in [-0.3, -0.25) is 0 Å². The van der Waals surface area contributed by atoms with Crippen LogP contribution in [0.4, 0.5) is 5.69 Å². The molecule has 0 saturated heterocycles. The molecule has 0 saturated carbocycles. The van der Waals surface area contributed by atoms with Crippen LogP contribution in [0.3, 0.4) is 0 Å². The summed E-state index contributed by atoms with van der Waals surface area (Å²) in [6, 6.07) is 5.65. The van der Waals surface area contributed by atoms with Gasteiger partial charge in [0.1, 0.15) is 0 Å². The first kappa shape index (κ1) is 11.6. The highest BCUT2D eigenvalue weighted by molar-refractivity contribution is 7.89. The van der Waals surface area contributed by atoms with Gasteiger partial charge in [-0.25, -0.2) is 17.9 Å². The molecule has 80 valence electrons. The van der Waals surface area contributed by atoms with Gasteiger partial charge in [-0.15, -0.1) is 0 Å². The smallest absolute Gasteiger partial charge is 0.211 e. The molecule has 0 aliphatic heterocycles. The Bertz CT molecular complexity index is 473. The molecule has 1 N–H and O–H groups in total. The van der Waals surface area contributed by atoms with Gasteiger partial charge < -0.3 is 0 Å². The molecule has 15 heavy (non-hydrogen) atoms. The average molecular weight is 226 g/mol. The van der Waals surface area contributed by atoms with Crippen LogP contribution in [-0.4, -0.2) is 21.0 Å². The second-order valence-corrected chi connectivity index (χ2v) is 4.47.